The molecule has 1 aromatic heterocycles. The molecule has 4 rings (SSSR count). The molecule has 0 saturated heterocycles. The Morgan fingerprint density at radius 2 is 1.78 bits per heavy atom. The van der Waals surface area contributed by atoms with E-state index in [1.807, 2.05) is 6.07 Å². The van der Waals surface area contributed by atoms with Crippen molar-refractivity contribution >= 4 is 16.8 Å². The lowest BCUT2D eigenvalue weighted by Gasteiger charge is -2.15. The first-order valence-electron chi connectivity index (χ1n) is 8.67. The zero-order valence-corrected chi connectivity index (χ0v) is 15.1. The average Bonchev–Trinajstić information content (AvgIpc) is 3.54. The molecule has 0 aliphatic heterocycles. The number of carbonyl (C=O) groups is 1. The molecular formula is C20H19N3O4. The van der Waals surface area contributed by atoms with Crippen LogP contribution in [0.25, 0.3) is 10.9 Å². The van der Waals surface area contributed by atoms with Crippen LogP contribution in [0.3, 0.4) is 0 Å². The number of fused-ring (bicyclic) bond motifs is 1. The summed E-state index contributed by atoms with van der Waals surface area (Å²) < 4.78 is 11.9. The van der Waals surface area contributed by atoms with E-state index in [1.54, 1.807) is 36.4 Å². The lowest BCUT2D eigenvalue weighted by molar-refractivity contribution is 0.101. The second-order valence-electron chi connectivity index (χ2n) is 6.42. The van der Waals surface area contributed by atoms with Gasteiger partial charge in [0, 0.05) is 17.5 Å². The summed E-state index contributed by atoms with van der Waals surface area (Å²) in [4.78, 5) is 30.3. The highest BCUT2D eigenvalue weighted by Crippen LogP contribution is 2.39. The maximum Gasteiger partial charge on any atom is 0.280 e. The van der Waals surface area contributed by atoms with E-state index >= 15 is 0 Å². The van der Waals surface area contributed by atoms with Gasteiger partial charge in [0.25, 0.3) is 11.5 Å². The number of benzene rings is 2. The Morgan fingerprint density at radius 1 is 1.11 bits per heavy atom. The minimum Gasteiger partial charge on any atom is -0.493 e. The largest absolute Gasteiger partial charge is 0.493 e. The summed E-state index contributed by atoms with van der Waals surface area (Å²) in [5.41, 5.74) is 3.35. The van der Waals surface area contributed by atoms with Gasteiger partial charge >= 0.3 is 0 Å². The van der Waals surface area contributed by atoms with E-state index in [0.717, 1.165) is 12.8 Å². The van der Waals surface area contributed by atoms with Gasteiger partial charge in [0.05, 0.1) is 25.1 Å². The van der Waals surface area contributed by atoms with Crippen LogP contribution < -0.4 is 20.5 Å². The van der Waals surface area contributed by atoms with Crippen molar-refractivity contribution in [1.82, 2.24) is 9.66 Å². The molecular weight excluding hydrogens is 346 g/mol. The van der Waals surface area contributed by atoms with Gasteiger partial charge in [-0.15, -0.1) is 0 Å². The summed E-state index contributed by atoms with van der Waals surface area (Å²) in [6.07, 6.45) is 1.87. The normalized spacial score (nSPS) is 13.4. The molecule has 0 bridgehead atoms. The van der Waals surface area contributed by atoms with Crippen molar-refractivity contribution in [2.45, 2.75) is 18.8 Å². The highest BCUT2D eigenvalue weighted by molar-refractivity contribution is 6.00. The smallest absolute Gasteiger partial charge is 0.280 e. The Kier molecular flexibility index (Phi) is 4.27. The Bertz CT molecular complexity index is 1070. The number of hydrogen-bond acceptors (Lipinski definition) is 5. The standard InChI is InChI=1S/C20H19N3O4/c1-26-16-10-14-15(11-17(16)27-2)21-18(12-8-9-12)23(20(14)25)22-19(24)13-6-4-3-5-7-13/h3-7,10-12H,8-9H2,1-2H3,(H,22,24). The molecule has 1 aliphatic carbocycles. The summed E-state index contributed by atoms with van der Waals surface area (Å²) in [6, 6.07) is 12.0. The molecule has 1 heterocycles. The van der Waals surface area contributed by atoms with E-state index in [4.69, 9.17) is 9.47 Å². The highest BCUT2D eigenvalue weighted by Gasteiger charge is 2.30. The van der Waals surface area contributed by atoms with Crippen molar-refractivity contribution in [3.63, 3.8) is 0 Å². The minimum absolute atomic E-state index is 0.159. The number of carbonyl (C=O) groups excluding carboxylic acids is 1. The molecule has 1 amide bonds. The number of hydrogen-bond donors (Lipinski definition) is 1. The van der Waals surface area contributed by atoms with Crippen molar-refractivity contribution in [3.05, 3.63) is 64.2 Å². The number of nitrogens with one attached hydrogen (secondary N) is 1. The molecule has 27 heavy (non-hydrogen) atoms. The Labute approximate surface area is 155 Å². The fourth-order valence-electron chi connectivity index (χ4n) is 3.01. The molecule has 1 N–H and O–H groups in total. The van der Waals surface area contributed by atoms with Crippen LogP contribution in [0.4, 0.5) is 0 Å². The van der Waals surface area contributed by atoms with E-state index < -0.39 is 0 Å². The second-order valence-corrected chi connectivity index (χ2v) is 6.42. The van der Waals surface area contributed by atoms with Crippen LogP contribution in [0.1, 0.15) is 34.9 Å². The van der Waals surface area contributed by atoms with Crippen LogP contribution in [-0.2, 0) is 0 Å². The zero-order chi connectivity index (χ0) is 19.0. The van der Waals surface area contributed by atoms with Crippen LogP contribution in [0.15, 0.2) is 47.3 Å². The van der Waals surface area contributed by atoms with E-state index in [-0.39, 0.29) is 17.4 Å². The molecule has 0 spiro atoms. The van der Waals surface area contributed by atoms with Crippen molar-refractivity contribution in [2.24, 2.45) is 0 Å². The summed E-state index contributed by atoms with van der Waals surface area (Å²) in [5, 5.41) is 0.352. The highest BCUT2D eigenvalue weighted by atomic mass is 16.5. The van der Waals surface area contributed by atoms with E-state index in [9.17, 15) is 9.59 Å². The van der Waals surface area contributed by atoms with Gasteiger partial charge in [0.15, 0.2) is 11.5 Å². The molecule has 1 saturated carbocycles. The third-order valence-corrected chi connectivity index (χ3v) is 4.59. The van der Waals surface area contributed by atoms with Gasteiger partial charge in [0.1, 0.15) is 5.82 Å². The average molecular weight is 365 g/mol. The number of nitrogens with zero attached hydrogens (tertiary/aromatic N) is 2. The summed E-state index contributed by atoms with van der Waals surface area (Å²) in [6.45, 7) is 0. The molecule has 1 aliphatic rings. The number of amides is 1. The topological polar surface area (TPSA) is 82.5 Å². The molecule has 3 aromatic rings. The fourth-order valence-corrected chi connectivity index (χ4v) is 3.01. The molecule has 7 heteroatoms. The third kappa shape index (κ3) is 3.12. The maximum atomic E-state index is 13.1. The van der Waals surface area contributed by atoms with Crippen LogP contribution in [0.2, 0.25) is 0 Å². The predicted octanol–water partition coefficient (Wildman–Crippen LogP) is 2.68. The summed E-state index contributed by atoms with van der Waals surface area (Å²) >= 11 is 0. The molecule has 2 aromatic carbocycles. The van der Waals surface area contributed by atoms with Crippen LogP contribution in [0, 0.1) is 0 Å². The van der Waals surface area contributed by atoms with Gasteiger partial charge in [-0.2, -0.15) is 0 Å². The lowest BCUT2D eigenvalue weighted by Crippen LogP contribution is -2.36. The number of ether oxygens (including phenoxy) is 2. The van der Waals surface area contributed by atoms with Crippen molar-refractivity contribution in [1.29, 1.82) is 0 Å². The first-order valence-corrected chi connectivity index (χ1v) is 8.67. The van der Waals surface area contributed by atoms with E-state index in [0.29, 0.717) is 33.8 Å². The van der Waals surface area contributed by atoms with Crippen molar-refractivity contribution in [3.8, 4) is 11.5 Å². The number of rotatable bonds is 5. The molecule has 138 valence electrons. The number of aromatic nitrogens is 2. The van der Waals surface area contributed by atoms with Crippen molar-refractivity contribution < 1.29 is 14.3 Å². The Morgan fingerprint density at radius 3 is 2.41 bits per heavy atom. The Hall–Kier alpha value is -3.35. The Balaban J connectivity index is 1.86. The molecule has 7 nitrogen and oxygen atoms in total. The van der Waals surface area contributed by atoms with Gasteiger partial charge in [0.2, 0.25) is 0 Å². The number of methoxy groups -OCH3 is 2. The molecule has 0 atom stereocenters. The monoisotopic (exact) mass is 365 g/mol. The van der Waals surface area contributed by atoms with Gasteiger partial charge in [-0.3, -0.25) is 15.0 Å². The third-order valence-electron chi connectivity index (χ3n) is 4.59. The molecule has 0 unspecified atom stereocenters. The summed E-state index contributed by atoms with van der Waals surface area (Å²) in [7, 11) is 3.04. The summed E-state index contributed by atoms with van der Waals surface area (Å²) in [5.74, 6) is 1.30. The lowest BCUT2D eigenvalue weighted by atomic mass is 10.2. The maximum absolute atomic E-state index is 13.1. The fraction of sp³-hybridized carbons (Fsp3) is 0.250. The van der Waals surface area contributed by atoms with Gasteiger partial charge < -0.3 is 9.47 Å². The minimum atomic E-state index is -0.360. The van der Waals surface area contributed by atoms with Crippen molar-refractivity contribution in [2.75, 3.05) is 19.6 Å². The van der Waals surface area contributed by atoms with Crippen LogP contribution in [0.5, 0.6) is 11.5 Å². The first-order chi connectivity index (χ1) is 13.1. The SMILES string of the molecule is COc1cc2nc(C3CC3)n(NC(=O)c3ccccc3)c(=O)c2cc1OC. The van der Waals surface area contributed by atoms with Crippen LogP contribution >= 0.6 is 0 Å². The zero-order valence-electron chi connectivity index (χ0n) is 15.1. The van der Waals surface area contributed by atoms with Gasteiger partial charge in [-0.25, -0.2) is 9.66 Å². The molecule has 0 radical (unpaired) electrons. The second kappa shape index (κ2) is 6.75. The quantitative estimate of drug-likeness (QED) is 0.752. The van der Waals surface area contributed by atoms with E-state index in [1.165, 1.54) is 18.9 Å². The van der Waals surface area contributed by atoms with E-state index in [2.05, 4.69) is 10.4 Å². The van der Waals surface area contributed by atoms with Gasteiger partial charge in [-0.1, -0.05) is 18.2 Å². The van der Waals surface area contributed by atoms with Gasteiger partial charge in [-0.05, 0) is 31.0 Å². The van der Waals surface area contributed by atoms with Crippen LogP contribution in [-0.4, -0.2) is 29.8 Å². The first kappa shape index (κ1) is 17.1. The predicted molar refractivity (Wildman–Crippen MR) is 101 cm³/mol. The molecule has 1 fully saturated rings.